The number of nitrogens with zero attached hydrogens (tertiary/aromatic N) is 2. The molecule has 0 bridgehead atoms. The molecule has 6 nitrogen and oxygen atoms in total. The van der Waals surface area contributed by atoms with E-state index in [0.717, 1.165) is 62.2 Å². The summed E-state index contributed by atoms with van der Waals surface area (Å²) >= 11 is 0. The maximum atomic E-state index is 11.7. The fourth-order valence-corrected chi connectivity index (χ4v) is 6.00. The van der Waals surface area contributed by atoms with Crippen LogP contribution in [0, 0.1) is 11.8 Å². The number of ether oxygens (including phenoxy) is 2. The van der Waals surface area contributed by atoms with Gasteiger partial charge in [0.05, 0.1) is 7.11 Å². The van der Waals surface area contributed by atoms with Gasteiger partial charge in [-0.1, -0.05) is 51.1 Å². The molecule has 0 N–H and O–H groups in total. The number of aromatic nitrogens is 1. The Bertz CT molecular complexity index is 1320. The van der Waals surface area contributed by atoms with Crippen molar-refractivity contribution in [1.82, 2.24) is 9.88 Å². The number of rotatable bonds is 11. The average Bonchev–Trinajstić information content (AvgIpc) is 3.80. The average molecular weight is 551 g/mol. The van der Waals surface area contributed by atoms with E-state index in [2.05, 4.69) is 60.1 Å². The fraction of sp³-hybridized carbons (Fsp3) is 0.455. The number of fused-ring (bicyclic) bond motifs is 1. The minimum Gasteiger partial charge on any atom is -0.550 e. The van der Waals surface area contributed by atoms with Gasteiger partial charge < -0.3 is 19.4 Å². The van der Waals surface area contributed by atoms with Crippen LogP contribution >= 0.6 is 0 Å². The number of pyridine rings is 1. The molecule has 0 amide bonds. The van der Waals surface area contributed by atoms with Gasteiger partial charge in [0.15, 0.2) is 0 Å². The van der Waals surface area contributed by atoms with Crippen molar-refractivity contribution in [2.45, 2.75) is 65.0 Å². The number of hydrogen-bond acceptors (Lipinski definition) is 6. The number of benzene rings is 2. The summed E-state index contributed by atoms with van der Waals surface area (Å²) < 4.78 is 12.0. The predicted octanol–water partition coefficient (Wildman–Crippen LogP) is 2.55. The van der Waals surface area contributed by atoms with Gasteiger partial charge in [0.2, 0.25) is 5.88 Å². The number of carboxylic acids is 1. The van der Waals surface area contributed by atoms with Crippen LogP contribution in [0.4, 0.5) is 0 Å². The number of aliphatic carboxylic acids is 1. The summed E-state index contributed by atoms with van der Waals surface area (Å²) in [6.07, 6.45) is 5.72. The zero-order valence-electron chi connectivity index (χ0n) is 24.5. The van der Waals surface area contributed by atoms with Crippen molar-refractivity contribution in [3.05, 3.63) is 77.0 Å². The van der Waals surface area contributed by atoms with Gasteiger partial charge in [-0.3, -0.25) is 4.90 Å². The summed E-state index contributed by atoms with van der Waals surface area (Å²) in [7, 11) is 1.64. The van der Waals surface area contributed by atoms with Crippen molar-refractivity contribution < 1.29 is 48.9 Å². The number of carboxylic acid groups (broad SMARTS) is 1. The first-order valence-electron chi connectivity index (χ1n) is 14.3. The van der Waals surface area contributed by atoms with Crippen LogP contribution < -0.4 is 44.1 Å². The molecule has 2 aliphatic rings. The Hall–Kier alpha value is -2.38. The van der Waals surface area contributed by atoms with Gasteiger partial charge in [-0.05, 0) is 96.1 Å². The predicted molar refractivity (Wildman–Crippen MR) is 151 cm³/mol. The summed E-state index contributed by atoms with van der Waals surface area (Å²) in [5, 5.41) is 11.7. The van der Waals surface area contributed by atoms with Gasteiger partial charge in [0.25, 0.3) is 0 Å². The second kappa shape index (κ2) is 13.5. The van der Waals surface area contributed by atoms with Crippen molar-refractivity contribution in [1.29, 1.82) is 0 Å². The van der Waals surface area contributed by atoms with E-state index in [1.165, 1.54) is 22.3 Å². The normalized spacial score (nSPS) is 17.8. The first-order valence-corrected chi connectivity index (χ1v) is 14.3. The molecule has 1 saturated carbocycles. The second-order valence-electron chi connectivity index (χ2n) is 10.9. The zero-order valence-corrected chi connectivity index (χ0v) is 26.5. The van der Waals surface area contributed by atoms with Crippen LogP contribution in [0.1, 0.15) is 74.3 Å². The van der Waals surface area contributed by atoms with Crippen LogP contribution in [-0.2, 0) is 17.8 Å². The molecule has 1 aromatic heterocycles. The van der Waals surface area contributed by atoms with Crippen LogP contribution in [0.5, 0.6) is 11.6 Å². The Morgan fingerprint density at radius 3 is 2.55 bits per heavy atom. The van der Waals surface area contributed by atoms with E-state index in [4.69, 9.17) is 9.47 Å². The van der Waals surface area contributed by atoms with Crippen LogP contribution in [0.25, 0.3) is 11.1 Å². The van der Waals surface area contributed by atoms with Gasteiger partial charge in [-0.25, -0.2) is 4.98 Å². The van der Waals surface area contributed by atoms with Crippen molar-refractivity contribution in [3.8, 4) is 22.8 Å². The molecule has 0 radical (unpaired) electrons. The Labute approximate surface area is 260 Å². The molecule has 5 rings (SSSR count). The molecule has 3 aromatic rings. The summed E-state index contributed by atoms with van der Waals surface area (Å²) in [4.78, 5) is 18.4. The number of methoxy groups -OCH3 is 1. The first-order chi connectivity index (χ1) is 18.9. The van der Waals surface area contributed by atoms with Crippen molar-refractivity contribution in [2.75, 3.05) is 20.2 Å². The molecule has 0 spiro atoms. The van der Waals surface area contributed by atoms with Gasteiger partial charge in [-0.2, -0.15) is 0 Å². The minimum atomic E-state index is -0.976. The van der Waals surface area contributed by atoms with E-state index in [0.29, 0.717) is 11.8 Å². The molecule has 1 aliphatic heterocycles. The van der Waals surface area contributed by atoms with Crippen LogP contribution in [0.3, 0.4) is 0 Å². The number of aryl methyl sites for hydroxylation is 1. The first kappa shape index (κ1) is 30.6. The minimum absolute atomic E-state index is 0. The second-order valence-corrected chi connectivity index (χ2v) is 10.9. The molecular formula is C33H39N2NaO4. The van der Waals surface area contributed by atoms with Crippen molar-refractivity contribution in [2.24, 2.45) is 11.8 Å². The summed E-state index contributed by atoms with van der Waals surface area (Å²) in [5.74, 6) is 0.381. The number of carbonyl (C=O) groups is 1. The van der Waals surface area contributed by atoms with Crippen molar-refractivity contribution >= 4 is 5.97 Å². The third-order valence-electron chi connectivity index (χ3n) is 8.51. The third-order valence-corrected chi connectivity index (χ3v) is 8.51. The van der Waals surface area contributed by atoms with Gasteiger partial charge >= 0.3 is 29.6 Å². The molecule has 206 valence electrons. The number of carbonyl (C=O) groups excluding carboxylic acids is 1. The molecule has 3 atom stereocenters. The summed E-state index contributed by atoms with van der Waals surface area (Å²) in [6, 6.07) is 17.0. The van der Waals surface area contributed by atoms with Crippen molar-refractivity contribution in [3.63, 3.8) is 0 Å². The Balaban J connectivity index is 0.00000370. The molecule has 1 unspecified atom stereocenters. The molecule has 7 heteroatoms. The monoisotopic (exact) mass is 550 g/mol. The fourth-order valence-electron chi connectivity index (χ4n) is 6.00. The van der Waals surface area contributed by atoms with E-state index in [1.54, 1.807) is 20.2 Å². The Morgan fingerprint density at radius 2 is 1.88 bits per heavy atom. The largest absolute Gasteiger partial charge is 1.00 e. The summed E-state index contributed by atoms with van der Waals surface area (Å²) in [5.41, 5.74) is 6.92. The van der Waals surface area contributed by atoms with E-state index < -0.39 is 11.9 Å². The molecule has 2 aromatic carbocycles. The molecule has 40 heavy (non-hydrogen) atoms. The standard InChI is InChI=1S/C33H40N2O4.Na/c1-5-35(6-2)20-27-17-25(11-13-28(27)24-15-16-34-31(19-24)38-4)29-14-12-22-7-10-26(18-30(22)39-29)32(23-8-9-23)21(3)33(36)37;/h7,10-11,13,15-19,21,23,29,32H,5-6,8-9,12,14,20H2,1-4H3,(H,36,37);/q;+1/p-1/t21-,29?,32-;/m0./s1. The van der Waals surface area contributed by atoms with Crippen LogP contribution in [0.15, 0.2) is 54.7 Å². The zero-order chi connectivity index (χ0) is 27.5. The number of hydrogen-bond donors (Lipinski definition) is 0. The molecule has 1 aliphatic carbocycles. The molecule has 1 fully saturated rings. The molecule has 2 heterocycles. The molecular weight excluding hydrogens is 511 g/mol. The van der Waals surface area contributed by atoms with Gasteiger partial charge in [0, 0.05) is 30.7 Å². The van der Waals surface area contributed by atoms with Crippen LogP contribution in [0.2, 0.25) is 0 Å². The SMILES string of the molecule is CCN(CC)Cc1cc(C2CCc3ccc([C@H](C4CC4)[C@H](C)C(=O)[O-])cc3O2)ccc1-c1ccnc(OC)c1.[Na+]. The van der Waals surface area contributed by atoms with E-state index in [1.807, 2.05) is 12.1 Å². The quantitative estimate of drug-likeness (QED) is 0.342. The van der Waals surface area contributed by atoms with E-state index in [-0.39, 0.29) is 41.6 Å². The van der Waals surface area contributed by atoms with Gasteiger partial charge in [0.1, 0.15) is 11.9 Å². The van der Waals surface area contributed by atoms with Gasteiger partial charge in [-0.15, -0.1) is 0 Å². The van der Waals surface area contributed by atoms with Crippen LogP contribution in [-0.4, -0.2) is 36.1 Å². The third kappa shape index (κ3) is 6.73. The topological polar surface area (TPSA) is 74.7 Å². The Kier molecular flexibility index (Phi) is 10.3. The maximum absolute atomic E-state index is 11.7. The summed E-state index contributed by atoms with van der Waals surface area (Å²) in [6.45, 7) is 8.96. The smallest absolute Gasteiger partial charge is 0.550 e. The molecule has 0 saturated heterocycles. The maximum Gasteiger partial charge on any atom is 1.00 e. The van der Waals surface area contributed by atoms with E-state index in [9.17, 15) is 9.90 Å². The van der Waals surface area contributed by atoms with E-state index >= 15 is 0 Å². The Morgan fingerprint density at radius 1 is 1.10 bits per heavy atom.